The van der Waals surface area contributed by atoms with Gasteiger partial charge in [-0.1, -0.05) is 6.07 Å². The second kappa shape index (κ2) is 6.48. The number of hydrogen-bond acceptors (Lipinski definition) is 5. The standard InChI is InChI=1S/C22H21NO4S/c1-13-18-16(26-20(13)21(25)23-12-14-5-4-10-28-14)6-7-17-19(18)15(24)11-22(27-17)8-2-3-9-22/h4-7,10H,2-3,8-9,11-12H2,1H3,(H,23,25). The smallest absolute Gasteiger partial charge is 0.287 e. The minimum absolute atomic E-state index is 0.0863. The molecule has 1 saturated carbocycles. The van der Waals surface area contributed by atoms with E-state index in [0.717, 1.165) is 30.6 Å². The molecule has 144 valence electrons. The van der Waals surface area contributed by atoms with Crippen LogP contribution in [0.15, 0.2) is 34.1 Å². The Bertz CT molecular complexity index is 1070. The zero-order valence-corrected chi connectivity index (χ0v) is 16.5. The molecule has 28 heavy (non-hydrogen) atoms. The van der Waals surface area contributed by atoms with Gasteiger partial charge >= 0.3 is 0 Å². The summed E-state index contributed by atoms with van der Waals surface area (Å²) in [7, 11) is 0. The van der Waals surface area contributed by atoms with Crippen molar-refractivity contribution in [2.75, 3.05) is 0 Å². The molecular weight excluding hydrogens is 374 g/mol. The molecule has 1 aromatic carbocycles. The van der Waals surface area contributed by atoms with Gasteiger partial charge in [-0.3, -0.25) is 9.59 Å². The van der Waals surface area contributed by atoms with Gasteiger partial charge in [0.15, 0.2) is 11.5 Å². The fraction of sp³-hybridized carbons (Fsp3) is 0.364. The SMILES string of the molecule is Cc1c(C(=O)NCc2cccs2)oc2ccc3c(c12)C(=O)CC1(CCCC1)O3. The molecule has 0 unspecified atom stereocenters. The second-order valence-corrected chi connectivity index (χ2v) is 8.75. The van der Waals surface area contributed by atoms with Crippen molar-refractivity contribution in [2.24, 2.45) is 0 Å². The fourth-order valence-electron chi connectivity index (χ4n) is 4.51. The highest BCUT2D eigenvalue weighted by molar-refractivity contribution is 7.09. The third kappa shape index (κ3) is 2.75. The lowest BCUT2D eigenvalue weighted by molar-refractivity contribution is 0.0454. The number of aryl methyl sites for hydroxylation is 1. The number of ether oxygens (including phenoxy) is 1. The second-order valence-electron chi connectivity index (χ2n) is 7.72. The first-order valence-corrected chi connectivity index (χ1v) is 10.5. The minimum atomic E-state index is -0.337. The number of furan rings is 1. The van der Waals surface area contributed by atoms with E-state index in [4.69, 9.17) is 9.15 Å². The topological polar surface area (TPSA) is 68.5 Å². The lowest BCUT2D eigenvalue weighted by atomic mass is 9.87. The Morgan fingerprint density at radius 3 is 2.82 bits per heavy atom. The van der Waals surface area contributed by atoms with E-state index >= 15 is 0 Å². The van der Waals surface area contributed by atoms with E-state index in [1.807, 2.05) is 30.5 Å². The molecule has 3 heterocycles. The zero-order chi connectivity index (χ0) is 19.3. The molecule has 1 spiro atoms. The van der Waals surface area contributed by atoms with Gasteiger partial charge in [-0.05, 0) is 56.2 Å². The number of fused-ring (bicyclic) bond motifs is 3. The molecule has 3 aromatic rings. The summed E-state index contributed by atoms with van der Waals surface area (Å²) in [5, 5.41) is 5.58. The van der Waals surface area contributed by atoms with Crippen molar-refractivity contribution in [3.05, 3.63) is 51.4 Å². The van der Waals surface area contributed by atoms with Gasteiger partial charge in [-0.25, -0.2) is 0 Å². The highest BCUT2D eigenvalue weighted by Gasteiger charge is 2.43. The van der Waals surface area contributed by atoms with E-state index < -0.39 is 0 Å². The van der Waals surface area contributed by atoms with E-state index in [9.17, 15) is 9.59 Å². The van der Waals surface area contributed by atoms with Gasteiger partial charge in [-0.2, -0.15) is 0 Å². The Morgan fingerprint density at radius 1 is 1.25 bits per heavy atom. The van der Waals surface area contributed by atoms with Gasteiger partial charge < -0.3 is 14.5 Å². The van der Waals surface area contributed by atoms with Gasteiger partial charge in [0.2, 0.25) is 0 Å². The number of amides is 1. The van der Waals surface area contributed by atoms with Crippen molar-refractivity contribution in [3.8, 4) is 5.75 Å². The van der Waals surface area contributed by atoms with Crippen molar-refractivity contribution in [3.63, 3.8) is 0 Å². The third-order valence-corrected chi connectivity index (χ3v) is 6.75. The summed E-state index contributed by atoms with van der Waals surface area (Å²) >= 11 is 1.59. The third-order valence-electron chi connectivity index (χ3n) is 5.87. The lowest BCUT2D eigenvalue weighted by Crippen LogP contribution is -2.39. The summed E-state index contributed by atoms with van der Waals surface area (Å²) in [6.07, 6.45) is 4.46. The predicted molar refractivity (Wildman–Crippen MR) is 107 cm³/mol. The molecule has 0 saturated heterocycles. The number of benzene rings is 1. The van der Waals surface area contributed by atoms with Crippen LogP contribution in [0.25, 0.3) is 11.0 Å². The van der Waals surface area contributed by atoms with E-state index in [-0.39, 0.29) is 23.1 Å². The predicted octanol–water partition coefficient (Wildman–Crippen LogP) is 5.01. The molecular formula is C22H21NO4S. The highest BCUT2D eigenvalue weighted by Crippen LogP contribution is 2.46. The molecule has 0 radical (unpaired) electrons. The minimum Gasteiger partial charge on any atom is -0.486 e. The first kappa shape index (κ1) is 17.5. The average molecular weight is 395 g/mol. The normalized spacial score (nSPS) is 17.7. The van der Waals surface area contributed by atoms with Crippen LogP contribution >= 0.6 is 11.3 Å². The highest BCUT2D eigenvalue weighted by atomic mass is 32.1. The number of Topliss-reactive ketones (excluding diaryl/α,β-unsaturated/α-hetero) is 1. The summed E-state index contributed by atoms with van der Waals surface area (Å²) in [4.78, 5) is 26.8. The van der Waals surface area contributed by atoms with E-state index in [2.05, 4.69) is 5.32 Å². The van der Waals surface area contributed by atoms with Crippen LogP contribution in [0.1, 0.15) is 63.5 Å². The van der Waals surface area contributed by atoms with Crippen molar-refractivity contribution < 1.29 is 18.7 Å². The van der Waals surface area contributed by atoms with Gasteiger partial charge in [0.1, 0.15) is 16.9 Å². The van der Waals surface area contributed by atoms with Crippen LogP contribution in [0.5, 0.6) is 5.75 Å². The number of carbonyl (C=O) groups is 2. The lowest BCUT2D eigenvalue weighted by Gasteiger charge is -2.34. The van der Waals surface area contributed by atoms with Crippen LogP contribution < -0.4 is 10.1 Å². The number of hydrogen-bond donors (Lipinski definition) is 1. The first-order valence-electron chi connectivity index (χ1n) is 9.65. The number of carbonyl (C=O) groups excluding carboxylic acids is 2. The molecule has 0 atom stereocenters. The molecule has 2 aromatic heterocycles. The Kier molecular flexibility index (Phi) is 4.05. The van der Waals surface area contributed by atoms with Gasteiger partial charge in [0, 0.05) is 15.8 Å². The summed E-state index contributed by atoms with van der Waals surface area (Å²) in [6, 6.07) is 7.54. The van der Waals surface area contributed by atoms with Crippen LogP contribution in [-0.2, 0) is 6.54 Å². The number of ketones is 1. The summed E-state index contributed by atoms with van der Waals surface area (Å²) < 4.78 is 12.2. The summed E-state index contributed by atoms with van der Waals surface area (Å²) in [6.45, 7) is 2.29. The zero-order valence-electron chi connectivity index (χ0n) is 15.7. The molecule has 1 N–H and O–H groups in total. The molecule has 6 heteroatoms. The fourth-order valence-corrected chi connectivity index (χ4v) is 5.15. The number of rotatable bonds is 3. The molecule has 1 aliphatic carbocycles. The van der Waals surface area contributed by atoms with Gasteiger partial charge in [0.05, 0.1) is 18.5 Å². The van der Waals surface area contributed by atoms with Gasteiger partial charge in [-0.15, -0.1) is 11.3 Å². The summed E-state index contributed by atoms with van der Waals surface area (Å²) in [5.74, 6) is 0.699. The Morgan fingerprint density at radius 2 is 2.07 bits per heavy atom. The molecule has 5 rings (SSSR count). The Balaban J connectivity index is 1.51. The molecule has 2 aliphatic rings. The van der Waals surface area contributed by atoms with Gasteiger partial charge in [0.25, 0.3) is 5.91 Å². The molecule has 1 fully saturated rings. The maximum atomic E-state index is 13.1. The van der Waals surface area contributed by atoms with Crippen molar-refractivity contribution in [1.82, 2.24) is 5.32 Å². The quantitative estimate of drug-likeness (QED) is 0.677. The number of thiophene rings is 1. The molecule has 5 nitrogen and oxygen atoms in total. The van der Waals surface area contributed by atoms with Crippen LogP contribution in [0.2, 0.25) is 0 Å². The average Bonchev–Trinajstić information content (AvgIpc) is 3.41. The maximum absolute atomic E-state index is 13.1. The molecule has 1 aliphatic heterocycles. The van der Waals surface area contributed by atoms with E-state index in [1.54, 1.807) is 17.4 Å². The van der Waals surface area contributed by atoms with E-state index in [1.165, 1.54) is 0 Å². The monoisotopic (exact) mass is 395 g/mol. The Hall–Kier alpha value is -2.60. The largest absolute Gasteiger partial charge is 0.486 e. The maximum Gasteiger partial charge on any atom is 0.287 e. The summed E-state index contributed by atoms with van der Waals surface area (Å²) in [5.41, 5.74) is 1.47. The molecule has 1 amide bonds. The Labute approximate surface area is 166 Å². The van der Waals surface area contributed by atoms with Crippen LogP contribution in [-0.4, -0.2) is 17.3 Å². The molecule has 0 bridgehead atoms. The van der Waals surface area contributed by atoms with Crippen molar-refractivity contribution in [1.29, 1.82) is 0 Å². The first-order chi connectivity index (χ1) is 13.6. The number of nitrogens with one attached hydrogen (secondary N) is 1. The van der Waals surface area contributed by atoms with Crippen LogP contribution in [0.3, 0.4) is 0 Å². The van der Waals surface area contributed by atoms with E-state index in [0.29, 0.717) is 40.8 Å². The van der Waals surface area contributed by atoms with Crippen LogP contribution in [0, 0.1) is 6.92 Å². The van der Waals surface area contributed by atoms with Crippen molar-refractivity contribution >= 4 is 34.0 Å². The van der Waals surface area contributed by atoms with Crippen LogP contribution in [0.4, 0.5) is 0 Å². The van der Waals surface area contributed by atoms with Crippen molar-refractivity contribution in [2.45, 2.75) is 51.2 Å².